The minimum Gasteiger partial charge on any atom is -0.481 e. The minimum absolute atomic E-state index is 0.0419. The first kappa shape index (κ1) is 20.5. The SMILES string of the molecule is COc1nc(NS(=O)(=O)C2CNc3c(Br)cccc32)nc(OC)c1CC(F)F. The Hall–Kier alpha value is -2.21. The van der Waals surface area contributed by atoms with Gasteiger partial charge in [0.1, 0.15) is 5.25 Å². The van der Waals surface area contributed by atoms with Gasteiger partial charge in [0.05, 0.1) is 25.5 Å². The number of nitrogens with zero attached hydrogens (tertiary/aromatic N) is 2. The molecule has 0 aliphatic carbocycles. The molecular formula is C16H17BrF2N4O4S. The zero-order chi connectivity index (χ0) is 20.5. The highest BCUT2D eigenvalue weighted by Gasteiger charge is 2.35. The second-order valence-electron chi connectivity index (χ2n) is 5.86. The Kier molecular flexibility index (Phi) is 5.89. The van der Waals surface area contributed by atoms with Crippen LogP contribution in [0.1, 0.15) is 16.4 Å². The molecule has 0 saturated heterocycles. The van der Waals surface area contributed by atoms with Gasteiger partial charge in [0, 0.05) is 17.4 Å². The number of nitrogens with one attached hydrogen (secondary N) is 2. The van der Waals surface area contributed by atoms with Crippen LogP contribution >= 0.6 is 15.9 Å². The summed E-state index contributed by atoms with van der Waals surface area (Å²) < 4.78 is 64.5. The van der Waals surface area contributed by atoms with E-state index in [1.54, 1.807) is 18.2 Å². The normalized spacial score (nSPS) is 15.9. The first-order valence-electron chi connectivity index (χ1n) is 8.07. The third-order valence-electron chi connectivity index (χ3n) is 4.14. The number of aromatic nitrogens is 2. The van der Waals surface area contributed by atoms with E-state index in [2.05, 4.69) is 35.9 Å². The lowest BCUT2D eigenvalue weighted by atomic mass is 10.2. The van der Waals surface area contributed by atoms with E-state index in [-0.39, 0.29) is 29.8 Å². The minimum atomic E-state index is -3.95. The van der Waals surface area contributed by atoms with Gasteiger partial charge in [0.25, 0.3) is 0 Å². The van der Waals surface area contributed by atoms with E-state index in [9.17, 15) is 17.2 Å². The van der Waals surface area contributed by atoms with Crippen LogP contribution in [-0.2, 0) is 16.4 Å². The predicted octanol–water partition coefficient (Wildman–Crippen LogP) is 2.97. The lowest BCUT2D eigenvalue weighted by Crippen LogP contribution is -2.24. The molecule has 2 heterocycles. The van der Waals surface area contributed by atoms with Gasteiger partial charge in [-0.1, -0.05) is 12.1 Å². The maximum atomic E-state index is 12.9. The van der Waals surface area contributed by atoms with Crippen molar-refractivity contribution in [1.29, 1.82) is 0 Å². The van der Waals surface area contributed by atoms with Crippen molar-refractivity contribution in [3.05, 3.63) is 33.8 Å². The van der Waals surface area contributed by atoms with Gasteiger partial charge in [-0.2, -0.15) is 9.97 Å². The van der Waals surface area contributed by atoms with Crippen molar-refractivity contribution in [2.45, 2.75) is 18.1 Å². The molecule has 152 valence electrons. The first-order chi connectivity index (χ1) is 13.3. The van der Waals surface area contributed by atoms with Gasteiger partial charge in [-0.15, -0.1) is 0 Å². The van der Waals surface area contributed by atoms with Crippen LogP contribution in [0.15, 0.2) is 22.7 Å². The Balaban J connectivity index is 1.94. The fourth-order valence-corrected chi connectivity index (χ4v) is 4.77. The fraction of sp³-hybridized carbons (Fsp3) is 0.375. The molecule has 2 N–H and O–H groups in total. The Morgan fingerprint density at radius 3 is 2.50 bits per heavy atom. The quantitative estimate of drug-likeness (QED) is 0.630. The van der Waals surface area contributed by atoms with E-state index in [4.69, 9.17) is 9.47 Å². The zero-order valence-corrected chi connectivity index (χ0v) is 17.3. The topological polar surface area (TPSA) is 102 Å². The number of alkyl halides is 2. The van der Waals surface area contributed by atoms with E-state index < -0.39 is 28.1 Å². The monoisotopic (exact) mass is 478 g/mol. The number of halogens is 3. The molecule has 1 unspecified atom stereocenters. The summed E-state index contributed by atoms with van der Waals surface area (Å²) in [4.78, 5) is 7.83. The molecule has 0 amide bonds. The van der Waals surface area contributed by atoms with Crippen molar-refractivity contribution in [2.24, 2.45) is 0 Å². The van der Waals surface area contributed by atoms with E-state index in [0.717, 1.165) is 4.47 Å². The van der Waals surface area contributed by atoms with E-state index in [1.807, 2.05) is 0 Å². The molecule has 8 nitrogen and oxygen atoms in total. The summed E-state index contributed by atoms with van der Waals surface area (Å²) in [6.07, 6.45) is -3.36. The van der Waals surface area contributed by atoms with Gasteiger partial charge in [0.2, 0.25) is 34.2 Å². The molecule has 1 aliphatic rings. The van der Waals surface area contributed by atoms with E-state index >= 15 is 0 Å². The highest BCUT2D eigenvalue weighted by Crippen LogP contribution is 2.40. The van der Waals surface area contributed by atoms with Gasteiger partial charge in [-0.05, 0) is 27.6 Å². The van der Waals surface area contributed by atoms with Crippen molar-refractivity contribution in [3.63, 3.8) is 0 Å². The summed E-state index contributed by atoms with van der Waals surface area (Å²) >= 11 is 3.38. The lowest BCUT2D eigenvalue weighted by Gasteiger charge is -2.16. The maximum Gasteiger partial charge on any atom is 0.243 e. The van der Waals surface area contributed by atoms with Gasteiger partial charge >= 0.3 is 0 Å². The summed E-state index contributed by atoms with van der Waals surface area (Å²) in [6.45, 7) is 0.158. The van der Waals surface area contributed by atoms with Gasteiger partial charge < -0.3 is 14.8 Å². The van der Waals surface area contributed by atoms with Crippen LogP contribution in [0.2, 0.25) is 0 Å². The molecule has 3 rings (SSSR count). The predicted molar refractivity (Wildman–Crippen MR) is 103 cm³/mol. The molecule has 28 heavy (non-hydrogen) atoms. The van der Waals surface area contributed by atoms with E-state index in [1.165, 1.54) is 14.2 Å². The van der Waals surface area contributed by atoms with Crippen molar-refractivity contribution in [2.75, 3.05) is 30.8 Å². The number of sulfonamides is 1. The van der Waals surface area contributed by atoms with Crippen LogP contribution < -0.4 is 19.5 Å². The molecule has 1 aromatic heterocycles. The second kappa shape index (κ2) is 8.03. The van der Waals surface area contributed by atoms with Crippen LogP contribution in [0.4, 0.5) is 20.4 Å². The number of hydrogen-bond acceptors (Lipinski definition) is 7. The Morgan fingerprint density at radius 1 is 1.29 bits per heavy atom. The van der Waals surface area contributed by atoms with Crippen molar-refractivity contribution < 1.29 is 26.7 Å². The summed E-state index contributed by atoms with van der Waals surface area (Å²) in [5.74, 6) is -0.690. The molecule has 1 aliphatic heterocycles. The average Bonchev–Trinajstić information content (AvgIpc) is 3.08. The summed E-state index contributed by atoms with van der Waals surface area (Å²) in [5.41, 5.74) is 1.25. The summed E-state index contributed by atoms with van der Waals surface area (Å²) in [5, 5.41) is 2.16. The Labute approximate surface area is 168 Å². The maximum absolute atomic E-state index is 12.9. The third-order valence-corrected chi connectivity index (χ3v) is 6.44. The molecule has 1 atom stereocenters. The average molecular weight is 479 g/mol. The third kappa shape index (κ3) is 3.97. The number of hydrogen-bond donors (Lipinski definition) is 2. The van der Waals surface area contributed by atoms with Crippen LogP contribution in [0.3, 0.4) is 0 Å². The smallest absolute Gasteiger partial charge is 0.243 e. The Bertz CT molecular complexity index is 966. The second-order valence-corrected chi connectivity index (χ2v) is 8.58. The number of rotatable bonds is 7. The highest BCUT2D eigenvalue weighted by atomic mass is 79.9. The summed E-state index contributed by atoms with van der Waals surface area (Å²) in [7, 11) is -1.47. The van der Waals surface area contributed by atoms with Gasteiger partial charge in [-0.3, -0.25) is 4.72 Å². The van der Waals surface area contributed by atoms with Crippen LogP contribution in [-0.4, -0.2) is 45.6 Å². The molecule has 0 spiro atoms. The Morgan fingerprint density at radius 2 is 1.93 bits per heavy atom. The van der Waals surface area contributed by atoms with Crippen molar-refractivity contribution in [3.8, 4) is 11.8 Å². The molecule has 2 aromatic rings. The molecular weight excluding hydrogens is 462 g/mol. The molecule has 1 aromatic carbocycles. The zero-order valence-electron chi connectivity index (χ0n) is 14.9. The standard InChI is InChI=1S/C16H17BrF2N4O4S/c1-26-14-9(6-12(18)19)15(27-2)22-16(21-14)23-28(24,25)11-7-20-13-8(11)4-3-5-10(13)17/h3-5,11-12,20H,6-7H2,1-2H3,(H,21,22,23). The molecule has 0 saturated carbocycles. The number of anilines is 2. The van der Waals surface area contributed by atoms with Crippen LogP contribution in [0.25, 0.3) is 0 Å². The lowest BCUT2D eigenvalue weighted by molar-refractivity contribution is 0.146. The van der Waals surface area contributed by atoms with Gasteiger partial charge in [-0.25, -0.2) is 17.2 Å². The fourth-order valence-electron chi connectivity index (χ4n) is 2.93. The first-order valence-corrected chi connectivity index (χ1v) is 10.4. The van der Waals surface area contributed by atoms with Crippen LogP contribution in [0, 0.1) is 0 Å². The number of fused-ring (bicyclic) bond motifs is 1. The largest absolute Gasteiger partial charge is 0.481 e. The number of para-hydroxylation sites is 1. The van der Waals surface area contributed by atoms with Gasteiger partial charge in [0.15, 0.2) is 0 Å². The highest BCUT2D eigenvalue weighted by molar-refractivity contribution is 9.10. The number of methoxy groups -OCH3 is 2. The molecule has 0 fully saturated rings. The van der Waals surface area contributed by atoms with Crippen molar-refractivity contribution >= 4 is 37.6 Å². The molecule has 12 heteroatoms. The van der Waals surface area contributed by atoms with Crippen molar-refractivity contribution in [1.82, 2.24) is 9.97 Å². The molecule has 0 bridgehead atoms. The number of ether oxygens (including phenoxy) is 2. The summed E-state index contributed by atoms with van der Waals surface area (Å²) in [6, 6.07) is 5.24. The van der Waals surface area contributed by atoms with Crippen LogP contribution in [0.5, 0.6) is 11.8 Å². The molecule has 0 radical (unpaired) electrons. The number of benzene rings is 1. The van der Waals surface area contributed by atoms with E-state index in [0.29, 0.717) is 11.3 Å².